The van der Waals surface area contributed by atoms with Gasteiger partial charge in [-0.05, 0) is 47.8 Å². The summed E-state index contributed by atoms with van der Waals surface area (Å²) >= 11 is 9.01. The van der Waals surface area contributed by atoms with Crippen molar-refractivity contribution < 1.29 is 27.6 Å². The van der Waals surface area contributed by atoms with Crippen LogP contribution in [-0.4, -0.2) is 27.5 Å². The zero-order chi connectivity index (χ0) is 29.1. The van der Waals surface area contributed by atoms with Gasteiger partial charge in [0.1, 0.15) is 11.8 Å². The van der Waals surface area contributed by atoms with E-state index < -0.39 is 57.1 Å². The number of amides is 3. The molecule has 0 aliphatic carbocycles. The highest BCUT2D eigenvalue weighted by molar-refractivity contribution is 8.00. The van der Waals surface area contributed by atoms with Crippen LogP contribution in [-0.2, 0) is 27.1 Å². The largest absolute Gasteiger partial charge is 0.418 e. The molecule has 41 heavy (non-hydrogen) atoms. The van der Waals surface area contributed by atoms with Gasteiger partial charge in [0.05, 0.1) is 22.2 Å². The highest BCUT2D eigenvalue weighted by atomic mass is 35.5. The first-order valence-corrected chi connectivity index (χ1v) is 15.0. The van der Waals surface area contributed by atoms with Crippen LogP contribution in [0.25, 0.3) is 0 Å². The Bertz CT molecular complexity index is 1730. The molecule has 2 aliphatic rings. The van der Waals surface area contributed by atoms with Crippen LogP contribution in [0.5, 0.6) is 0 Å². The lowest BCUT2D eigenvalue weighted by Crippen LogP contribution is -2.33. The summed E-state index contributed by atoms with van der Waals surface area (Å²) in [6.45, 7) is -0.363. The summed E-state index contributed by atoms with van der Waals surface area (Å²) in [4.78, 5) is 54.9. The van der Waals surface area contributed by atoms with Crippen LogP contribution < -0.4 is 15.1 Å². The number of carbonyl (C=O) groups excluding carboxylic acids is 3. The normalized spacial score (nSPS) is 20.2. The number of fused-ring (bicyclic) bond motifs is 2. The van der Waals surface area contributed by atoms with Gasteiger partial charge in [0.25, 0.3) is 0 Å². The van der Waals surface area contributed by atoms with Crippen molar-refractivity contribution in [2.45, 2.75) is 28.9 Å². The number of aromatic nitrogens is 1. The summed E-state index contributed by atoms with van der Waals surface area (Å²) in [6, 6.07) is 14.4. The number of thiophene rings is 1. The number of nitrogens with zero attached hydrogens (tertiary/aromatic N) is 2. The van der Waals surface area contributed by atoms with Crippen LogP contribution in [0.4, 0.5) is 24.5 Å². The van der Waals surface area contributed by atoms with Crippen LogP contribution in [0.1, 0.15) is 21.2 Å². The predicted octanol–water partition coefficient (Wildman–Crippen LogP) is 6.08. The number of halogens is 4. The van der Waals surface area contributed by atoms with E-state index in [1.54, 1.807) is 41.8 Å². The van der Waals surface area contributed by atoms with Gasteiger partial charge in [-0.15, -0.1) is 11.3 Å². The molecular weight excluding hydrogens is 619 g/mol. The van der Waals surface area contributed by atoms with Crippen LogP contribution in [0.3, 0.4) is 0 Å². The summed E-state index contributed by atoms with van der Waals surface area (Å²) in [5.41, 5.74) is -1.15. The van der Waals surface area contributed by atoms with Crippen molar-refractivity contribution >= 4 is 75.1 Å². The van der Waals surface area contributed by atoms with Crippen molar-refractivity contribution in [3.63, 3.8) is 0 Å². The van der Waals surface area contributed by atoms with E-state index in [-0.39, 0.29) is 6.54 Å². The number of anilines is 2. The molecule has 210 valence electrons. The van der Waals surface area contributed by atoms with Gasteiger partial charge in [-0.3, -0.25) is 23.7 Å². The Morgan fingerprint density at radius 3 is 2.39 bits per heavy atom. The van der Waals surface area contributed by atoms with Crippen molar-refractivity contribution in [3.8, 4) is 0 Å². The smallest absolute Gasteiger partial charge is 0.325 e. The molecule has 0 bridgehead atoms. The topological polar surface area (TPSA) is 88.5 Å². The van der Waals surface area contributed by atoms with E-state index in [1.807, 2.05) is 0 Å². The minimum absolute atomic E-state index is 0.345. The first kappa shape index (κ1) is 27.8. The van der Waals surface area contributed by atoms with Gasteiger partial charge < -0.3 is 5.32 Å². The van der Waals surface area contributed by atoms with E-state index in [4.69, 9.17) is 11.6 Å². The number of para-hydroxylation sites is 1. The molecule has 2 aliphatic heterocycles. The van der Waals surface area contributed by atoms with Gasteiger partial charge in [0, 0.05) is 26.4 Å². The number of hydrogen-bond donors (Lipinski definition) is 1. The van der Waals surface area contributed by atoms with Gasteiger partial charge in [-0.2, -0.15) is 13.2 Å². The SMILES string of the molecule is O=C(Cn1c2c(sc1=O)[C@H](c1cccs1)C1C(=O)N(c3ccccc3C(F)(F)F)C(=O)C1S2)Nc1ccc(Cl)cc1. The maximum Gasteiger partial charge on any atom is 0.418 e. The average molecular weight is 636 g/mol. The van der Waals surface area contributed by atoms with Gasteiger partial charge >= 0.3 is 11.0 Å². The van der Waals surface area contributed by atoms with Crippen molar-refractivity contribution in [2.75, 3.05) is 10.2 Å². The number of thiazole rings is 1. The number of nitrogens with one attached hydrogen (secondary N) is 1. The Kier molecular flexibility index (Phi) is 7.09. The maximum absolute atomic E-state index is 13.9. The fourth-order valence-corrected chi connectivity index (χ4v) is 8.90. The fraction of sp³-hybridized carbons (Fsp3) is 0.185. The van der Waals surface area contributed by atoms with Crippen LogP contribution in [0.15, 0.2) is 75.9 Å². The molecule has 1 N–H and O–H groups in total. The summed E-state index contributed by atoms with van der Waals surface area (Å²) in [6.07, 6.45) is -4.79. The molecule has 0 saturated carbocycles. The molecule has 2 aromatic carbocycles. The Morgan fingerprint density at radius 1 is 0.976 bits per heavy atom. The number of imide groups is 1. The summed E-state index contributed by atoms with van der Waals surface area (Å²) in [5.74, 6) is -3.84. The number of rotatable bonds is 5. The van der Waals surface area contributed by atoms with Crippen LogP contribution >= 0.6 is 46.0 Å². The molecular formula is C27H17ClF3N3O4S3. The van der Waals surface area contributed by atoms with E-state index in [2.05, 4.69) is 5.32 Å². The molecule has 6 rings (SSSR count). The summed E-state index contributed by atoms with van der Waals surface area (Å²) < 4.78 is 42.8. The molecule has 7 nitrogen and oxygen atoms in total. The lowest BCUT2D eigenvalue weighted by molar-refractivity contribution is -0.137. The first-order valence-electron chi connectivity index (χ1n) is 12.1. The van der Waals surface area contributed by atoms with Gasteiger partial charge in [-0.25, -0.2) is 4.90 Å². The minimum atomic E-state index is -4.79. The number of hydrogen-bond acceptors (Lipinski definition) is 7. The highest BCUT2D eigenvalue weighted by Crippen LogP contribution is 2.55. The van der Waals surface area contributed by atoms with Crippen LogP contribution in [0.2, 0.25) is 5.02 Å². The second-order valence-corrected chi connectivity index (χ2v) is 12.8. The predicted molar refractivity (Wildman–Crippen MR) is 152 cm³/mol. The fourth-order valence-electron chi connectivity index (χ4n) is 5.05. The number of thioether (sulfide) groups is 1. The standard InChI is InChI=1S/C27H17ClF3N3O4S3/c28-13-7-9-14(10-8-13)32-18(35)12-33-25-22(41-26(33)38)19(17-6-3-11-39-17)20-21(40-25)24(37)34(23(20)36)16-5-2-1-4-15(16)27(29,30)31/h1-11,19-21H,12H2,(H,32,35)/t19-,20?,21?/m1/s1. The molecule has 2 aromatic heterocycles. The molecule has 1 saturated heterocycles. The second kappa shape index (κ2) is 10.5. The van der Waals surface area contributed by atoms with E-state index in [1.165, 1.54) is 28.0 Å². The highest BCUT2D eigenvalue weighted by Gasteiger charge is 2.58. The molecule has 1 fully saturated rings. The van der Waals surface area contributed by atoms with Crippen molar-refractivity contribution in [1.29, 1.82) is 0 Å². The first-order chi connectivity index (χ1) is 19.5. The molecule has 0 radical (unpaired) electrons. The third kappa shape index (κ3) is 4.90. The number of carbonyl (C=O) groups is 3. The van der Waals surface area contributed by atoms with E-state index in [0.717, 1.165) is 35.2 Å². The Labute approximate surface area is 247 Å². The Balaban J connectivity index is 1.40. The van der Waals surface area contributed by atoms with Crippen molar-refractivity contribution in [3.05, 3.63) is 96.1 Å². The molecule has 4 aromatic rings. The third-order valence-corrected chi connectivity index (χ3v) is 10.6. The third-order valence-electron chi connectivity index (χ3n) is 6.78. The lowest BCUT2D eigenvalue weighted by Gasteiger charge is -2.29. The van der Waals surface area contributed by atoms with Gasteiger partial charge in [0.15, 0.2) is 0 Å². The molecule has 3 atom stereocenters. The zero-order valence-electron chi connectivity index (χ0n) is 20.6. The Hall–Kier alpha value is -3.39. The summed E-state index contributed by atoms with van der Waals surface area (Å²) in [5, 5.41) is 4.21. The molecule has 14 heteroatoms. The van der Waals surface area contributed by atoms with E-state index in [0.29, 0.717) is 30.4 Å². The second-order valence-electron chi connectivity index (χ2n) is 9.26. The minimum Gasteiger partial charge on any atom is -0.325 e. The van der Waals surface area contributed by atoms with Crippen molar-refractivity contribution in [1.82, 2.24) is 4.57 Å². The zero-order valence-corrected chi connectivity index (χ0v) is 23.8. The molecule has 3 amide bonds. The van der Waals surface area contributed by atoms with Crippen LogP contribution in [0, 0.1) is 5.92 Å². The number of alkyl halides is 3. The molecule has 2 unspecified atom stereocenters. The monoisotopic (exact) mass is 635 g/mol. The van der Waals surface area contributed by atoms with Gasteiger partial charge in [0.2, 0.25) is 17.7 Å². The number of benzene rings is 2. The molecule has 4 heterocycles. The van der Waals surface area contributed by atoms with E-state index >= 15 is 0 Å². The molecule has 0 spiro atoms. The van der Waals surface area contributed by atoms with E-state index in [9.17, 15) is 32.3 Å². The average Bonchev–Trinajstić information content (AvgIpc) is 3.62. The summed E-state index contributed by atoms with van der Waals surface area (Å²) in [7, 11) is 0. The quantitative estimate of drug-likeness (QED) is 0.269. The Morgan fingerprint density at radius 2 is 1.71 bits per heavy atom. The lowest BCUT2D eigenvalue weighted by atomic mass is 9.87. The van der Waals surface area contributed by atoms with Crippen molar-refractivity contribution in [2.24, 2.45) is 5.92 Å². The van der Waals surface area contributed by atoms with Gasteiger partial charge in [-0.1, -0.05) is 52.9 Å². The maximum atomic E-state index is 13.9.